The Morgan fingerprint density at radius 2 is 1.71 bits per heavy atom. The predicted octanol–water partition coefficient (Wildman–Crippen LogP) is 5.66. The highest BCUT2D eigenvalue weighted by Gasteiger charge is 2.21. The van der Waals surface area contributed by atoms with Gasteiger partial charge in [0, 0.05) is 18.8 Å². The van der Waals surface area contributed by atoms with Crippen LogP contribution in [0.15, 0.2) is 0 Å². The third-order valence-corrected chi connectivity index (χ3v) is 5.09. The van der Waals surface area contributed by atoms with E-state index < -0.39 is 0 Å². The summed E-state index contributed by atoms with van der Waals surface area (Å²) in [5.41, 5.74) is 0. The summed E-state index contributed by atoms with van der Waals surface area (Å²) < 4.78 is 0. The van der Waals surface area contributed by atoms with Crippen LogP contribution < -0.4 is 0 Å². The molecule has 0 bridgehead atoms. The van der Waals surface area contributed by atoms with E-state index in [4.69, 9.17) is 5.26 Å². The Balaban J connectivity index is 2.07. The summed E-state index contributed by atoms with van der Waals surface area (Å²) in [5, 5.41) is 8.72. The molecule has 0 heterocycles. The zero-order valence-corrected chi connectivity index (χ0v) is 14.1. The van der Waals surface area contributed by atoms with E-state index >= 15 is 0 Å². The van der Waals surface area contributed by atoms with Crippen molar-refractivity contribution < 1.29 is 4.79 Å². The van der Waals surface area contributed by atoms with Gasteiger partial charge in [-0.15, -0.1) is 0 Å². The van der Waals surface area contributed by atoms with Gasteiger partial charge in [0.15, 0.2) is 0 Å². The number of Topliss-reactive ketones (excluding diaryl/α,β-unsaturated/α-hetero) is 1. The van der Waals surface area contributed by atoms with Crippen LogP contribution in [0.3, 0.4) is 0 Å². The minimum atomic E-state index is 0.0208. The molecule has 2 heteroatoms. The summed E-state index contributed by atoms with van der Waals surface area (Å²) in [7, 11) is 0. The number of nitrogens with zero attached hydrogens (tertiary/aromatic N) is 1. The zero-order valence-electron chi connectivity index (χ0n) is 14.1. The molecule has 0 radical (unpaired) electrons. The normalized spacial score (nSPS) is 23.5. The molecule has 1 aliphatic rings. The lowest BCUT2D eigenvalue weighted by atomic mass is 9.78. The van der Waals surface area contributed by atoms with Crippen LogP contribution in [0.1, 0.15) is 90.9 Å². The van der Waals surface area contributed by atoms with Gasteiger partial charge in [-0.2, -0.15) is 5.26 Å². The van der Waals surface area contributed by atoms with Crippen molar-refractivity contribution in [2.75, 3.05) is 0 Å². The first-order valence-electron chi connectivity index (χ1n) is 9.07. The van der Waals surface area contributed by atoms with Crippen LogP contribution in [0, 0.1) is 29.1 Å². The van der Waals surface area contributed by atoms with Crippen molar-refractivity contribution in [3.63, 3.8) is 0 Å². The lowest BCUT2D eigenvalue weighted by Crippen LogP contribution is -2.15. The van der Waals surface area contributed by atoms with Crippen LogP contribution in [0.5, 0.6) is 0 Å². The van der Waals surface area contributed by atoms with E-state index in [1.165, 1.54) is 51.4 Å². The van der Waals surface area contributed by atoms with Crippen LogP contribution >= 0.6 is 0 Å². The van der Waals surface area contributed by atoms with Gasteiger partial charge in [-0.1, -0.05) is 58.3 Å². The molecule has 0 aliphatic heterocycles. The fourth-order valence-corrected chi connectivity index (χ4v) is 3.42. The van der Waals surface area contributed by atoms with E-state index in [-0.39, 0.29) is 5.92 Å². The number of unbranched alkanes of at least 4 members (excludes halogenated alkanes) is 2. The molecule has 1 aliphatic carbocycles. The van der Waals surface area contributed by atoms with Crippen molar-refractivity contribution >= 4 is 5.78 Å². The number of hydrogen-bond acceptors (Lipinski definition) is 2. The zero-order chi connectivity index (χ0) is 15.5. The van der Waals surface area contributed by atoms with Gasteiger partial charge in [-0.05, 0) is 31.6 Å². The molecule has 0 amide bonds. The first-order chi connectivity index (χ1) is 10.2. The van der Waals surface area contributed by atoms with Crippen molar-refractivity contribution in [2.24, 2.45) is 17.8 Å². The molecule has 0 aromatic carbocycles. The molecule has 1 rings (SSSR count). The monoisotopic (exact) mass is 291 g/mol. The standard InChI is InChI=1S/C19H33NO/c1-3-4-5-6-17-8-10-18(11-9-17)12-14-19(21)13-7-16(2)15-20/h16-18H,3-14H2,1-2H3. The van der Waals surface area contributed by atoms with Crippen molar-refractivity contribution in [2.45, 2.75) is 90.9 Å². The second-order valence-electron chi connectivity index (χ2n) is 7.03. The van der Waals surface area contributed by atoms with Gasteiger partial charge in [-0.25, -0.2) is 0 Å². The molecule has 120 valence electrons. The van der Waals surface area contributed by atoms with Crippen LogP contribution in [-0.4, -0.2) is 5.78 Å². The highest BCUT2D eigenvalue weighted by Crippen LogP contribution is 2.34. The van der Waals surface area contributed by atoms with Gasteiger partial charge in [-0.3, -0.25) is 4.79 Å². The predicted molar refractivity (Wildman–Crippen MR) is 87.8 cm³/mol. The molecule has 1 atom stereocenters. The third-order valence-electron chi connectivity index (χ3n) is 5.09. The maximum atomic E-state index is 11.8. The molecule has 1 saturated carbocycles. The van der Waals surface area contributed by atoms with Crippen LogP contribution in [0.25, 0.3) is 0 Å². The minimum absolute atomic E-state index is 0.0208. The van der Waals surface area contributed by atoms with Crippen LogP contribution in [0.4, 0.5) is 0 Å². The summed E-state index contributed by atoms with van der Waals surface area (Å²) >= 11 is 0. The van der Waals surface area contributed by atoms with Gasteiger partial charge in [0.05, 0.1) is 6.07 Å². The summed E-state index contributed by atoms with van der Waals surface area (Å²) in [5.74, 6) is 2.12. The topological polar surface area (TPSA) is 40.9 Å². The molecular weight excluding hydrogens is 258 g/mol. The van der Waals surface area contributed by atoms with Gasteiger partial charge >= 0.3 is 0 Å². The van der Waals surface area contributed by atoms with Gasteiger partial charge in [0.2, 0.25) is 0 Å². The quantitative estimate of drug-likeness (QED) is 0.487. The summed E-state index contributed by atoms with van der Waals surface area (Å²) in [4.78, 5) is 11.8. The van der Waals surface area contributed by atoms with Gasteiger partial charge in [0.1, 0.15) is 5.78 Å². The maximum Gasteiger partial charge on any atom is 0.132 e. The Labute approximate surface area is 131 Å². The first-order valence-corrected chi connectivity index (χ1v) is 9.07. The highest BCUT2D eigenvalue weighted by molar-refractivity contribution is 5.78. The van der Waals surface area contributed by atoms with E-state index in [1.54, 1.807) is 0 Å². The SMILES string of the molecule is CCCCCC1CCC(CCC(=O)CCC(C)C#N)CC1. The molecule has 21 heavy (non-hydrogen) atoms. The number of hydrogen-bond donors (Lipinski definition) is 0. The third kappa shape index (κ3) is 8.24. The van der Waals surface area contributed by atoms with E-state index in [9.17, 15) is 4.79 Å². The smallest absolute Gasteiger partial charge is 0.132 e. The molecule has 2 nitrogen and oxygen atoms in total. The van der Waals surface area contributed by atoms with Crippen molar-refractivity contribution in [3.05, 3.63) is 0 Å². The van der Waals surface area contributed by atoms with E-state index in [0.717, 1.165) is 31.1 Å². The molecule has 0 aromatic rings. The van der Waals surface area contributed by atoms with Gasteiger partial charge < -0.3 is 0 Å². The molecule has 1 fully saturated rings. The molecule has 0 N–H and O–H groups in total. The van der Waals surface area contributed by atoms with Crippen molar-refractivity contribution in [3.8, 4) is 6.07 Å². The number of carbonyl (C=O) groups excluding carboxylic acids is 1. The number of rotatable bonds is 10. The summed E-state index contributed by atoms with van der Waals surface area (Å²) in [6.07, 6.45) is 14.1. The second-order valence-corrected chi connectivity index (χ2v) is 7.03. The Bertz CT molecular complexity index is 323. The number of ketones is 1. The van der Waals surface area contributed by atoms with Crippen molar-refractivity contribution in [1.82, 2.24) is 0 Å². The lowest BCUT2D eigenvalue weighted by Gasteiger charge is -2.28. The average Bonchev–Trinajstić information content (AvgIpc) is 2.52. The number of nitriles is 1. The molecule has 0 spiro atoms. The fourth-order valence-electron chi connectivity index (χ4n) is 3.42. The maximum absolute atomic E-state index is 11.8. The largest absolute Gasteiger partial charge is 0.300 e. The summed E-state index contributed by atoms with van der Waals surface area (Å²) in [6.45, 7) is 4.17. The fraction of sp³-hybridized carbons (Fsp3) is 0.895. The number of carbonyl (C=O) groups is 1. The molecule has 0 saturated heterocycles. The molecular formula is C19H33NO. The Morgan fingerprint density at radius 3 is 2.29 bits per heavy atom. The average molecular weight is 291 g/mol. The Kier molecular flexibility index (Phi) is 9.39. The van der Waals surface area contributed by atoms with Crippen LogP contribution in [-0.2, 0) is 4.79 Å². The lowest BCUT2D eigenvalue weighted by molar-refractivity contribution is -0.119. The second kappa shape index (κ2) is 10.8. The van der Waals surface area contributed by atoms with E-state index in [0.29, 0.717) is 12.2 Å². The Hall–Kier alpha value is -0.840. The molecule has 0 aromatic heterocycles. The summed E-state index contributed by atoms with van der Waals surface area (Å²) in [6, 6.07) is 2.20. The molecule has 1 unspecified atom stereocenters. The minimum Gasteiger partial charge on any atom is -0.300 e. The van der Waals surface area contributed by atoms with Crippen molar-refractivity contribution in [1.29, 1.82) is 5.26 Å². The van der Waals surface area contributed by atoms with Crippen LogP contribution in [0.2, 0.25) is 0 Å². The highest BCUT2D eigenvalue weighted by atomic mass is 16.1. The first kappa shape index (κ1) is 18.2. The van der Waals surface area contributed by atoms with E-state index in [1.807, 2.05) is 6.92 Å². The van der Waals surface area contributed by atoms with E-state index in [2.05, 4.69) is 13.0 Å². The Morgan fingerprint density at radius 1 is 1.10 bits per heavy atom. The van der Waals surface area contributed by atoms with Gasteiger partial charge in [0.25, 0.3) is 0 Å².